The van der Waals surface area contributed by atoms with Gasteiger partial charge in [-0.25, -0.2) is 0 Å². The highest BCUT2D eigenvalue weighted by Gasteiger charge is 2.15. The van der Waals surface area contributed by atoms with Crippen molar-refractivity contribution in [3.8, 4) is 5.75 Å². The van der Waals surface area contributed by atoms with Crippen molar-refractivity contribution in [2.45, 2.75) is 25.3 Å². The summed E-state index contributed by atoms with van der Waals surface area (Å²) in [5, 5.41) is 4.27. The maximum absolute atomic E-state index is 5.83. The molecule has 1 N–H and O–H groups in total. The molecule has 1 aliphatic rings. The maximum Gasteiger partial charge on any atom is 0.119 e. The number of nitrogens with one attached hydrogen (secondary N) is 1. The summed E-state index contributed by atoms with van der Waals surface area (Å²) in [4.78, 5) is 2.38. The van der Waals surface area contributed by atoms with E-state index < -0.39 is 0 Å². The van der Waals surface area contributed by atoms with Crippen LogP contribution in [0.5, 0.6) is 5.75 Å². The van der Waals surface area contributed by atoms with E-state index in [-0.39, 0.29) is 0 Å². The van der Waals surface area contributed by atoms with Gasteiger partial charge in [-0.15, -0.1) is 0 Å². The zero-order valence-corrected chi connectivity index (χ0v) is 12.3. The molecule has 0 bridgehead atoms. The Kier molecular flexibility index (Phi) is 5.95. The molecule has 1 heterocycles. The van der Waals surface area contributed by atoms with Crippen LogP contribution in [0, 0.1) is 0 Å². The summed E-state index contributed by atoms with van der Waals surface area (Å²) in [5.41, 5.74) is 0. The fourth-order valence-corrected chi connectivity index (χ4v) is 2.56. The first-order valence-electron chi connectivity index (χ1n) is 7.04. The fraction of sp³-hybridized carbons (Fsp3) is 0.600. The van der Waals surface area contributed by atoms with E-state index in [0.29, 0.717) is 6.04 Å². The van der Waals surface area contributed by atoms with Gasteiger partial charge in [0.25, 0.3) is 0 Å². The van der Waals surface area contributed by atoms with Crippen LogP contribution in [0.3, 0.4) is 0 Å². The van der Waals surface area contributed by atoms with E-state index in [9.17, 15) is 0 Å². The van der Waals surface area contributed by atoms with Crippen molar-refractivity contribution in [2.75, 3.05) is 33.3 Å². The molecule has 1 aromatic rings. The highest BCUT2D eigenvalue weighted by atomic mass is 35.5. The number of hydrogen-bond acceptors (Lipinski definition) is 3. The van der Waals surface area contributed by atoms with Gasteiger partial charge in [0.15, 0.2) is 0 Å². The Bertz CT molecular complexity index is 363. The Balaban J connectivity index is 1.57. The molecule has 19 heavy (non-hydrogen) atoms. The van der Waals surface area contributed by atoms with Gasteiger partial charge in [-0.05, 0) is 57.1 Å². The topological polar surface area (TPSA) is 24.5 Å². The largest absolute Gasteiger partial charge is 0.494 e. The minimum atomic E-state index is 0.683. The molecule has 1 fully saturated rings. The lowest BCUT2D eigenvalue weighted by Gasteiger charge is -2.20. The van der Waals surface area contributed by atoms with E-state index in [4.69, 9.17) is 16.3 Å². The number of likely N-dealkylation sites (N-methyl/N-ethyl adjacent to an activating group) is 1. The van der Waals surface area contributed by atoms with Gasteiger partial charge in [0, 0.05) is 24.2 Å². The second-order valence-corrected chi connectivity index (χ2v) is 5.65. The van der Waals surface area contributed by atoms with Crippen LogP contribution in [0.1, 0.15) is 19.3 Å². The van der Waals surface area contributed by atoms with Gasteiger partial charge in [-0.2, -0.15) is 0 Å². The molecular formula is C15H23ClN2O. The molecule has 0 spiro atoms. The molecule has 0 aromatic heterocycles. The van der Waals surface area contributed by atoms with Crippen LogP contribution < -0.4 is 10.1 Å². The van der Waals surface area contributed by atoms with Crippen molar-refractivity contribution in [1.82, 2.24) is 10.2 Å². The van der Waals surface area contributed by atoms with Crippen LogP contribution in [-0.4, -0.2) is 44.2 Å². The van der Waals surface area contributed by atoms with Crippen LogP contribution in [0.15, 0.2) is 24.3 Å². The van der Waals surface area contributed by atoms with E-state index in [1.165, 1.54) is 19.4 Å². The zero-order chi connectivity index (χ0) is 13.5. The molecule has 106 valence electrons. The van der Waals surface area contributed by atoms with Crippen molar-refractivity contribution >= 4 is 11.6 Å². The second kappa shape index (κ2) is 7.73. The Morgan fingerprint density at radius 3 is 2.84 bits per heavy atom. The Morgan fingerprint density at radius 2 is 2.16 bits per heavy atom. The highest BCUT2D eigenvalue weighted by molar-refractivity contribution is 6.30. The lowest BCUT2D eigenvalue weighted by atomic mass is 10.2. The lowest BCUT2D eigenvalue weighted by molar-refractivity contribution is 0.250. The van der Waals surface area contributed by atoms with Gasteiger partial charge in [0.1, 0.15) is 5.75 Å². The Labute approximate surface area is 120 Å². The van der Waals surface area contributed by atoms with Crippen LogP contribution in [0.2, 0.25) is 5.02 Å². The smallest absolute Gasteiger partial charge is 0.119 e. The molecular weight excluding hydrogens is 260 g/mol. The number of benzene rings is 1. The Morgan fingerprint density at radius 1 is 1.37 bits per heavy atom. The van der Waals surface area contributed by atoms with E-state index in [0.717, 1.165) is 36.9 Å². The summed E-state index contributed by atoms with van der Waals surface area (Å²) in [6.45, 7) is 4.15. The monoisotopic (exact) mass is 282 g/mol. The quantitative estimate of drug-likeness (QED) is 0.779. The van der Waals surface area contributed by atoms with Crippen LogP contribution in [-0.2, 0) is 0 Å². The zero-order valence-electron chi connectivity index (χ0n) is 11.6. The molecule has 4 heteroatoms. The van der Waals surface area contributed by atoms with Crippen molar-refractivity contribution in [1.29, 1.82) is 0 Å². The van der Waals surface area contributed by atoms with Gasteiger partial charge in [-0.1, -0.05) is 11.6 Å². The molecule has 2 rings (SSSR count). The second-order valence-electron chi connectivity index (χ2n) is 5.21. The third kappa shape index (κ3) is 5.39. The van der Waals surface area contributed by atoms with Crippen molar-refractivity contribution in [3.63, 3.8) is 0 Å². The predicted molar refractivity (Wildman–Crippen MR) is 80.1 cm³/mol. The first-order chi connectivity index (χ1) is 9.24. The molecule has 0 aliphatic carbocycles. The van der Waals surface area contributed by atoms with E-state index in [1.807, 2.05) is 24.3 Å². The lowest BCUT2D eigenvalue weighted by Crippen LogP contribution is -2.36. The standard InChI is InChI=1S/C15H23ClN2O/c1-18(12-14-4-2-9-17-14)10-3-11-19-15-7-5-13(16)6-8-15/h5-8,14,17H,2-4,9-12H2,1H3. The molecule has 3 nitrogen and oxygen atoms in total. The first kappa shape index (κ1) is 14.6. The van der Waals surface area contributed by atoms with Gasteiger partial charge in [-0.3, -0.25) is 0 Å². The van der Waals surface area contributed by atoms with E-state index >= 15 is 0 Å². The van der Waals surface area contributed by atoms with Crippen molar-refractivity contribution < 1.29 is 4.74 Å². The molecule has 1 unspecified atom stereocenters. The average Bonchev–Trinajstić information content (AvgIpc) is 2.89. The molecule has 1 aliphatic heterocycles. The summed E-state index contributed by atoms with van der Waals surface area (Å²) in [6.07, 6.45) is 3.68. The third-order valence-electron chi connectivity index (χ3n) is 3.46. The number of ether oxygens (including phenoxy) is 1. The van der Waals surface area contributed by atoms with Crippen LogP contribution in [0.4, 0.5) is 0 Å². The summed E-state index contributed by atoms with van der Waals surface area (Å²) < 4.78 is 5.68. The molecule has 1 atom stereocenters. The minimum Gasteiger partial charge on any atom is -0.494 e. The van der Waals surface area contributed by atoms with E-state index in [1.54, 1.807) is 0 Å². The minimum absolute atomic E-state index is 0.683. The number of nitrogens with zero attached hydrogens (tertiary/aromatic N) is 1. The van der Waals surface area contributed by atoms with Gasteiger partial charge in [0.05, 0.1) is 6.61 Å². The van der Waals surface area contributed by atoms with Crippen molar-refractivity contribution in [3.05, 3.63) is 29.3 Å². The first-order valence-corrected chi connectivity index (χ1v) is 7.42. The summed E-state index contributed by atoms with van der Waals surface area (Å²) in [6, 6.07) is 8.22. The molecule has 0 saturated carbocycles. The van der Waals surface area contributed by atoms with Gasteiger partial charge in [0.2, 0.25) is 0 Å². The van der Waals surface area contributed by atoms with Crippen molar-refractivity contribution in [2.24, 2.45) is 0 Å². The Hall–Kier alpha value is -0.770. The number of hydrogen-bond donors (Lipinski definition) is 1. The number of rotatable bonds is 7. The summed E-state index contributed by atoms with van der Waals surface area (Å²) in [7, 11) is 2.18. The molecule has 0 radical (unpaired) electrons. The highest BCUT2D eigenvalue weighted by Crippen LogP contribution is 2.15. The SMILES string of the molecule is CN(CCCOc1ccc(Cl)cc1)CC1CCCN1. The summed E-state index contributed by atoms with van der Waals surface area (Å²) >= 11 is 5.83. The average molecular weight is 283 g/mol. The van der Waals surface area contributed by atoms with Crippen LogP contribution >= 0.6 is 11.6 Å². The summed E-state index contributed by atoms with van der Waals surface area (Å²) in [5.74, 6) is 0.893. The third-order valence-corrected chi connectivity index (χ3v) is 3.71. The molecule has 1 aromatic carbocycles. The van der Waals surface area contributed by atoms with Crippen LogP contribution in [0.25, 0.3) is 0 Å². The normalized spacial score (nSPS) is 19.0. The molecule has 1 saturated heterocycles. The maximum atomic E-state index is 5.83. The number of halogens is 1. The van der Waals surface area contributed by atoms with E-state index in [2.05, 4.69) is 17.3 Å². The van der Waals surface area contributed by atoms with Gasteiger partial charge >= 0.3 is 0 Å². The molecule has 0 amide bonds. The predicted octanol–water partition coefficient (Wildman–Crippen LogP) is 2.79. The fourth-order valence-electron chi connectivity index (χ4n) is 2.44. The van der Waals surface area contributed by atoms with Gasteiger partial charge < -0.3 is 15.0 Å².